The monoisotopic (exact) mass is 288 g/mol. The van der Waals surface area contributed by atoms with Crippen LogP contribution in [0.25, 0.3) is 0 Å². The SMILES string of the molecule is CC(C)CCN(C1CCCC1)S(=O)(=O)C1CCNC1. The van der Waals surface area contributed by atoms with Gasteiger partial charge in [-0.15, -0.1) is 0 Å². The summed E-state index contributed by atoms with van der Waals surface area (Å²) >= 11 is 0. The second-order valence-electron chi connectivity index (χ2n) is 6.39. The summed E-state index contributed by atoms with van der Waals surface area (Å²) in [5, 5.41) is 2.99. The van der Waals surface area contributed by atoms with Crippen LogP contribution in [0.4, 0.5) is 0 Å². The van der Waals surface area contributed by atoms with Gasteiger partial charge in [-0.1, -0.05) is 26.7 Å². The molecule has 0 radical (unpaired) electrons. The van der Waals surface area contributed by atoms with E-state index in [4.69, 9.17) is 0 Å². The number of hydrogen-bond acceptors (Lipinski definition) is 3. The van der Waals surface area contributed by atoms with Gasteiger partial charge in [0, 0.05) is 19.1 Å². The van der Waals surface area contributed by atoms with E-state index < -0.39 is 10.0 Å². The first kappa shape index (κ1) is 15.3. The van der Waals surface area contributed by atoms with Crippen molar-refractivity contribution >= 4 is 10.0 Å². The Hall–Kier alpha value is -0.130. The lowest BCUT2D eigenvalue weighted by Gasteiger charge is -2.31. The zero-order chi connectivity index (χ0) is 13.9. The van der Waals surface area contributed by atoms with Gasteiger partial charge in [0.2, 0.25) is 10.0 Å². The van der Waals surface area contributed by atoms with E-state index in [0.717, 1.165) is 32.2 Å². The van der Waals surface area contributed by atoms with Gasteiger partial charge in [0.1, 0.15) is 0 Å². The third-order valence-corrected chi connectivity index (χ3v) is 6.80. The number of nitrogens with zero attached hydrogens (tertiary/aromatic N) is 1. The summed E-state index contributed by atoms with van der Waals surface area (Å²) in [6.45, 7) is 6.51. The van der Waals surface area contributed by atoms with E-state index in [2.05, 4.69) is 19.2 Å². The number of sulfonamides is 1. The molecule has 1 heterocycles. The molecule has 2 aliphatic rings. The zero-order valence-electron chi connectivity index (χ0n) is 12.3. The summed E-state index contributed by atoms with van der Waals surface area (Å²) in [5.41, 5.74) is 0. The zero-order valence-corrected chi connectivity index (χ0v) is 13.1. The Balaban J connectivity index is 2.10. The van der Waals surface area contributed by atoms with E-state index in [1.54, 1.807) is 0 Å². The Kier molecular flexibility index (Phi) is 5.26. The molecule has 0 aromatic rings. The Morgan fingerprint density at radius 1 is 1.21 bits per heavy atom. The maximum atomic E-state index is 12.8. The van der Waals surface area contributed by atoms with Crippen molar-refractivity contribution in [2.75, 3.05) is 19.6 Å². The highest BCUT2D eigenvalue weighted by atomic mass is 32.2. The van der Waals surface area contributed by atoms with Gasteiger partial charge in [-0.3, -0.25) is 0 Å². The molecule has 1 N–H and O–H groups in total. The van der Waals surface area contributed by atoms with E-state index in [-0.39, 0.29) is 11.3 Å². The van der Waals surface area contributed by atoms with Crippen LogP contribution in [0.1, 0.15) is 52.4 Å². The maximum Gasteiger partial charge on any atom is 0.218 e. The molecule has 0 aromatic heterocycles. The van der Waals surface area contributed by atoms with Crippen LogP contribution in [-0.4, -0.2) is 43.6 Å². The second-order valence-corrected chi connectivity index (χ2v) is 8.56. The summed E-state index contributed by atoms with van der Waals surface area (Å²) in [5.74, 6) is 0.556. The lowest BCUT2D eigenvalue weighted by Crippen LogP contribution is -2.45. The highest BCUT2D eigenvalue weighted by Gasteiger charge is 2.38. The first-order valence-corrected chi connectivity index (χ1v) is 9.23. The molecule has 112 valence electrons. The molecule has 1 atom stereocenters. The molecule has 2 rings (SSSR count). The van der Waals surface area contributed by atoms with Gasteiger partial charge in [-0.25, -0.2) is 8.42 Å². The van der Waals surface area contributed by atoms with Gasteiger partial charge >= 0.3 is 0 Å². The van der Waals surface area contributed by atoms with Crippen LogP contribution in [0.15, 0.2) is 0 Å². The van der Waals surface area contributed by atoms with Crippen molar-refractivity contribution in [2.24, 2.45) is 5.92 Å². The predicted molar refractivity (Wildman–Crippen MR) is 78.6 cm³/mol. The van der Waals surface area contributed by atoms with Gasteiger partial charge in [-0.05, 0) is 38.1 Å². The predicted octanol–water partition coefficient (Wildman–Crippen LogP) is 1.97. The molecule has 0 amide bonds. The Bertz CT molecular complexity index is 369. The third-order valence-electron chi connectivity index (χ3n) is 4.42. The number of rotatable bonds is 6. The van der Waals surface area contributed by atoms with Crippen molar-refractivity contribution in [2.45, 2.75) is 63.7 Å². The molecule has 19 heavy (non-hydrogen) atoms. The molecule has 1 saturated heterocycles. The Morgan fingerprint density at radius 3 is 2.42 bits per heavy atom. The minimum absolute atomic E-state index is 0.194. The van der Waals surface area contributed by atoms with E-state index in [1.165, 1.54) is 12.8 Å². The third kappa shape index (κ3) is 3.70. The molecular formula is C14H28N2O2S. The molecule has 2 fully saturated rings. The van der Waals surface area contributed by atoms with E-state index in [1.807, 2.05) is 4.31 Å². The first-order chi connectivity index (χ1) is 9.01. The van der Waals surface area contributed by atoms with E-state index >= 15 is 0 Å². The second kappa shape index (κ2) is 6.55. The summed E-state index contributed by atoms with van der Waals surface area (Å²) in [7, 11) is -3.11. The molecule has 1 unspecified atom stereocenters. The van der Waals surface area contributed by atoms with Crippen molar-refractivity contribution < 1.29 is 8.42 Å². The van der Waals surface area contributed by atoms with Crippen LogP contribution in [0.2, 0.25) is 0 Å². The van der Waals surface area contributed by atoms with Crippen molar-refractivity contribution in [3.05, 3.63) is 0 Å². The van der Waals surface area contributed by atoms with Gasteiger partial charge in [0.05, 0.1) is 5.25 Å². The van der Waals surface area contributed by atoms with Crippen LogP contribution in [0, 0.1) is 5.92 Å². The molecule has 0 spiro atoms. The summed E-state index contributed by atoms with van der Waals surface area (Å²) in [4.78, 5) is 0. The summed E-state index contributed by atoms with van der Waals surface area (Å²) in [6.07, 6.45) is 6.21. The lowest BCUT2D eigenvalue weighted by molar-refractivity contribution is 0.301. The lowest BCUT2D eigenvalue weighted by atomic mass is 10.1. The highest BCUT2D eigenvalue weighted by Crippen LogP contribution is 2.29. The van der Waals surface area contributed by atoms with Crippen molar-refractivity contribution in [1.82, 2.24) is 9.62 Å². The van der Waals surface area contributed by atoms with Crippen molar-refractivity contribution in [3.8, 4) is 0 Å². The van der Waals surface area contributed by atoms with E-state index in [9.17, 15) is 8.42 Å². The average Bonchev–Trinajstić information content (AvgIpc) is 3.02. The van der Waals surface area contributed by atoms with Gasteiger partial charge in [-0.2, -0.15) is 4.31 Å². The van der Waals surface area contributed by atoms with Crippen LogP contribution < -0.4 is 5.32 Å². The normalized spacial score (nSPS) is 25.8. The molecule has 4 nitrogen and oxygen atoms in total. The van der Waals surface area contributed by atoms with Gasteiger partial charge in [0.25, 0.3) is 0 Å². The molecular weight excluding hydrogens is 260 g/mol. The van der Waals surface area contributed by atoms with Crippen LogP contribution in [-0.2, 0) is 10.0 Å². The molecule has 1 aliphatic carbocycles. The maximum absolute atomic E-state index is 12.8. The minimum atomic E-state index is -3.11. The quantitative estimate of drug-likeness (QED) is 0.813. The van der Waals surface area contributed by atoms with Crippen molar-refractivity contribution in [1.29, 1.82) is 0 Å². The standard InChI is InChI=1S/C14H28N2O2S/c1-12(2)8-10-16(13-5-3-4-6-13)19(17,18)14-7-9-15-11-14/h12-15H,3-11H2,1-2H3. The number of hydrogen-bond donors (Lipinski definition) is 1. The largest absolute Gasteiger partial charge is 0.315 e. The molecule has 0 bridgehead atoms. The van der Waals surface area contributed by atoms with Crippen LogP contribution >= 0.6 is 0 Å². The summed E-state index contributed by atoms with van der Waals surface area (Å²) < 4.78 is 27.5. The molecule has 5 heteroatoms. The Morgan fingerprint density at radius 2 is 1.89 bits per heavy atom. The van der Waals surface area contributed by atoms with Crippen molar-refractivity contribution in [3.63, 3.8) is 0 Å². The Labute approximate surface area is 118 Å². The highest BCUT2D eigenvalue weighted by molar-refractivity contribution is 7.89. The first-order valence-electron chi connectivity index (χ1n) is 7.73. The smallest absolute Gasteiger partial charge is 0.218 e. The minimum Gasteiger partial charge on any atom is -0.315 e. The van der Waals surface area contributed by atoms with Gasteiger partial charge in [0.15, 0.2) is 0 Å². The van der Waals surface area contributed by atoms with Crippen LogP contribution in [0.3, 0.4) is 0 Å². The molecule has 1 saturated carbocycles. The number of nitrogens with one attached hydrogen (secondary N) is 1. The van der Waals surface area contributed by atoms with E-state index in [0.29, 0.717) is 19.0 Å². The fourth-order valence-corrected chi connectivity index (χ4v) is 5.28. The summed E-state index contributed by atoms with van der Waals surface area (Å²) in [6, 6.07) is 0.268. The average molecular weight is 288 g/mol. The van der Waals surface area contributed by atoms with Gasteiger partial charge < -0.3 is 5.32 Å². The molecule has 0 aromatic carbocycles. The molecule has 1 aliphatic heterocycles. The van der Waals surface area contributed by atoms with Crippen LogP contribution in [0.5, 0.6) is 0 Å². The fourth-order valence-electron chi connectivity index (χ4n) is 3.17. The topological polar surface area (TPSA) is 49.4 Å². The fraction of sp³-hybridized carbons (Fsp3) is 1.00.